The molecule has 0 aliphatic carbocycles. The average Bonchev–Trinajstić information content (AvgIpc) is 1.97. The quantitative estimate of drug-likeness (QED) is 0.619. The predicted molar refractivity (Wildman–Crippen MR) is 44.2 cm³/mol. The molecule has 2 N–H and O–H groups in total. The molecule has 0 saturated carbocycles. The van der Waals surface area contributed by atoms with Crippen LogP contribution in [0.1, 0.15) is 33.1 Å². The summed E-state index contributed by atoms with van der Waals surface area (Å²) in [4.78, 5) is 10.6. The molecule has 0 spiro atoms. The van der Waals surface area contributed by atoms with Gasteiger partial charge in [-0.15, -0.1) is 0 Å². The third-order valence-corrected chi connectivity index (χ3v) is 1.53. The number of hydrogen-bond donors (Lipinski definition) is 2. The Bertz CT molecular complexity index is 115. The largest absolute Gasteiger partial charge is 0.394 e. The van der Waals surface area contributed by atoms with E-state index in [-0.39, 0.29) is 18.6 Å². The molecule has 0 aromatic carbocycles. The van der Waals surface area contributed by atoms with Crippen LogP contribution in [0.4, 0.5) is 0 Å². The van der Waals surface area contributed by atoms with Crippen molar-refractivity contribution in [2.24, 2.45) is 0 Å². The molecule has 0 heterocycles. The van der Waals surface area contributed by atoms with Gasteiger partial charge in [-0.25, -0.2) is 0 Å². The Morgan fingerprint density at radius 2 is 2.27 bits per heavy atom. The smallest absolute Gasteiger partial charge is 0.217 e. The third kappa shape index (κ3) is 5.85. The minimum absolute atomic E-state index is 0.0413. The van der Waals surface area contributed by atoms with Gasteiger partial charge in [0.2, 0.25) is 5.91 Å². The Kier molecular flexibility index (Phi) is 5.84. The maximum absolute atomic E-state index is 10.6. The number of hydrogen-bond acceptors (Lipinski definition) is 2. The number of carbonyl (C=O) groups excluding carboxylic acids is 1. The summed E-state index contributed by atoms with van der Waals surface area (Å²) >= 11 is 0. The van der Waals surface area contributed by atoms with Crippen LogP contribution >= 0.6 is 0 Å². The number of aliphatic hydroxyl groups excluding tert-OH is 1. The number of nitrogens with one attached hydrogen (secondary N) is 1. The number of rotatable bonds is 5. The van der Waals surface area contributed by atoms with Crippen LogP contribution in [-0.2, 0) is 4.79 Å². The highest BCUT2D eigenvalue weighted by molar-refractivity contribution is 5.73. The van der Waals surface area contributed by atoms with Crippen LogP contribution in [0.15, 0.2) is 0 Å². The van der Waals surface area contributed by atoms with Crippen LogP contribution in [0.3, 0.4) is 0 Å². The fraction of sp³-hybridized carbons (Fsp3) is 0.875. The fourth-order valence-electron chi connectivity index (χ4n) is 0.947. The Morgan fingerprint density at radius 1 is 1.64 bits per heavy atom. The summed E-state index contributed by atoms with van der Waals surface area (Å²) in [6.07, 6.45) is 3.01. The maximum atomic E-state index is 10.6. The minimum atomic E-state index is -0.0693. The van der Waals surface area contributed by atoms with E-state index in [1.165, 1.54) is 6.92 Å². The van der Waals surface area contributed by atoms with Crippen molar-refractivity contribution in [2.45, 2.75) is 39.2 Å². The van der Waals surface area contributed by atoms with Crippen LogP contribution in [0, 0.1) is 0 Å². The van der Waals surface area contributed by atoms with Gasteiger partial charge >= 0.3 is 0 Å². The highest BCUT2D eigenvalue weighted by Gasteiger charge is 2.06. The molecule has 0 bridgehead atoms. The molecule has 0 aromatic heterocycles. The first-order valence-corrected chi connectivity index (χ1v) is 4.08. The van der Waals surface area contributed by atoms with Crippen molar-refractivity contribution >= 4 is 5.91 Å². The molecule has 0 unspecified atom stereocenters. The first kappa shape index (κ1) is 10.4. The number of amides is 1. The van der Waals surface area contributed by atoms with E-state index >= 15 is 0 Å². The Balaban J connectivity index is 3.49. The zero-order valence-electron chi connectivity index (χ0n) is 7.26. The normalized spacial score (nSPS) is 12.6. The SMILES string of the molecule is CCCC[C@H](CO)NC(C)=O. The summed E-state index contributed by atoms with van der Waals surface area (Å²) in [6.45, 7) is 3.59. The lowest BCUT2D eigenvalue weighted by Gasteiger charge is -2.13. The predicted octanol–water partition coefficient (Wildman–Crippen LogP) is 0.674. The fourth-order valence-corrected chi connectivity index (χ4v) is 0.947. The van der Waals surface area contributed by atoms with Crippen LogP contribution in [-0.4, -0.2) is 23.7 Å². The van der Waals surface area contributed by atoms with E-state index in [0.717, 1.165) is 19.3 Å². The van der Waals surface area contributed by atoms with Gasteiger partial charge in [0.1, 0.15) is 0 Å². The molecule has 0 fully saturated rings. The third-order valence-electron chi connectivity index (χ3n) is 1.53. The van der Waals surface area contributed by atoms with Crippen LogP contribution in [0.25, 0.3) is 0 Å². The zero-order chi connectivity index (χ0) is 8.69. The van der Waals surface area contributed by atoms with Crippen molar-refractivity contribution in [3.05, 3.63) is 0 Å². The Labute approximate surface area is 67.8 Å². The van der Waals surface area contributed by atoms with Gasteiger partial charge < -0.3 is 10.4 Å². The van der Waals surface area contributed by atoms with Gasteiger partial charge in [-0.3, -0.25) is 4.79 Å². The zero-order valence-corrected chi connectivity index (χ0v) is 7.26. The van der Waals surface area contributed by atoms with E-state index in [0.29, 0.717) is 0 Å². The van der Waals surface area contributed by atoms with Gasteiger partial charge in [0.15, 0.2) is 0 Å². The lowest BCUT2D eigenvalue weighted by Crippen LogP contribution is -2.35. The number of unbranched alkanes of at least 4 members (excludes halogenated alkanes) is 1. The Hall–Kier alpha value is -0.570. The molecular formula is C8H17NO2. The van der Waals surface area contributed by atoms with Crippen molar-refractivity contribution < 1.29 is 9.90 Å². The number of aliphatic hydroxyl groups is 1. The van der Waals surface area contributed by atoms with E-state index in [2.05, 4.69) is 12.2 Å². The maximum Gasteiger partial charge on any atom is 0.217 e. The number of carbonyl (C=O) groups is 1. The summed E-state index contributed by atoms with van der Waals surface area (Å²) in [5.74, 6) is -0.0693. The minimum Gasteiger partial charge on any atom is -0.394 e. The van der Waals surface area contributed by atoms with Crippen molar-refractivity contribution in [3.63, 3.8) is 0 Å². The van der Waals surface area contributed by atoms with Crippen LogP contribution in [0.2, 0.25) is 0 Å². The summed E-state index contributed by atoms with van der Waals surface area (Å²) in [5, 5.41) is 11.5. The molecule has 0 saturated heterocycles. The topological polar surface area (TPSA) is 49.3 Å². The second kappa shape index (κ2) is 6.16. The molecule has 11 heavy (non-hydrogen) atoms. The lowest BCUT2D eigenvalue weighted by molar-refractivity contribution is -0.120. The molecule has 0 aliphatic rings. The molecule has 3 nitrogen and oxygen atoms in total. The van der Waals surface area contributed by atoms with Gasteiger partial charge in [0.05, 0.1) is 12.6 Å². The molecule has 0 aliphatic heterocycles. The molecule has 0 aromatic rings. The van der Waals surface area contributed by atoms with Gasteiger partial charge in [0, 0.05) is 6.92 Å². The molecule has 0 rings (SSSR count). The van der Waals surface area contributed by atoms with Crippen molar-refractivity contribution in [1.29, 1.82) is 0 Å². The van der Waals surface area contributed by atoms with Crippen molar-refractivity contribution in [1.82, 2.24) is 5.32 Å². The molecule has 66 valence electrons. The van der Waals surface area contributed by atoms with E-state index in [1.54, 1.807) is 0 Å². The Morgan fingerprint density at radius 3 is 2.64 bits per heavy atom. The van der Waals surface area contributed by atoms with Crippen LogP contribution < -0.4 is 5.32 Å². The van der Waals surface area contributed by atoms with Gasteiger partial charge in [-0.2, -0.15) is 0 Å². The first-order chi connectivity index (χ1) is 5.20. The summed E-state index contributed by atoms with van der Waals surface area (Å²) < 4.78 is 0. The first-order valence-electron chi connectivity index (χ1n) is 4.08. The van der Waals surface area contributed by atoms with Crippen molar-refractivity contribution in [3.8, 4) is 0 Å². The monoisotopic (exact) mass is 159 g/mol. The average molecular weight is 159 g/mol. The molecule has 1 atom stereocenters. The summed E-state index contributed by atoms with van der Waals surface area (Å²) in [7, 11) is 0. The molecule has 0 radical (unpaired) electrons. The van der Waals surface area contributed by atoms with E-state index in [4.69, 9.17) is 5.11 Å². The highest BCUT2D eigenvalue weighted by atomic mass is 16.3. The van der Waals surface area contributed by atoms with E-state index in [1.807, 2.05) is 0 Å². The molecule has 1 amide bonds. The van der Waals surface area contributed by atoms with Gasteiger partial charge in [-0.05, 0) is 6.42 Å². The summed E-state index contributed by atoms with van der Waals surface area (Å²) in [5.41, 5.74) is 0. The van der Waals surface area contributed by atoms with Crippen LogP contribution in [0.5, 0.6) is 0 Å². The summed E-state index contributed by atoms with van der Waals surface area (Å²) in [6, 6.07) is -0.0487. The second-order valence-corrected chi connectivity index (χ2v) is 2.72. The van der Waals surface area contributed by atoms with E-state index in [9.17, 15) is 4.79 Å². The molecular weight excluding hydrogens is 142 g/mol. The molecule has 3 heteroatoms. The van der Waals surface area contributed by atoms with Crippen molar-refractivity contribution in [2.75, 3.05) is 6.61 Å². The standard InChI is InChI=1S/C8H17NO2/c1-3-4-5-8(6-10)9-7(2)11/h8,10H,3-6H2,1-2H3,(H,9,11)/t8-/m1/s1. The lowest BCUT2D eigenvalue weighted by atomic mass is 10.1. The highest BCUT2D eigenvalue weighted by Crippen LogP contribution is 1.99. The van der Waals surface area contributed by atoms with Gasteiger partial charge in [0.25, 0.3) is 0 Å². The second-order valence-electron chi connectivity index (χ2n) is 2.72. The van der Waals surface area contributed by atoms with Gasteiger partial charge in [-0.1, -0.05) is 19.8 Å². The van der Waals surface area contributed by atoms with E-state index < -0.39 is 0 Å².